The molecule has 1 aromatic heterocycles. The second-order valence-electron chi connectivity index (χ2n) is 6.40. The minimum atomic E-state index is -1.75. The summed E-state index contributed by atoms with van der Waals surface area (Å²) < 4.78 is 5.67. The predicted octanol–water partition coefficient (Wildman–Crippen LogP) is -0.915. The molecule has 1 atom stereocenters. The molecule has 1 amide bonds. The average molecular weight is 384 g/mol. The number of aldehydes is 1. The lowest BCUT2D eigenvalue weighted by atomic mass is 9.77. The molecular weight excluding hydrogens is 363 g/mol. The molecule has 10 heteroatoms. The van der Waals surface area contributed by atoms with Gasteiger partial charge in [0.25, 0.3) is 5.91 Å². The lowest BCUT2D eigenvalue weighted by Gasteiger charge is -2.35. The normalized spacial score (nSPS) is 15.1. The summed E-state index contributed by atoms with van der Waals surface area (Å²) in [6.07, 6.45) is 3.14. The fourth-order valence-electron chi connectivity index (χ4n) is 3.06. The van der Waals surface area contributed by atoms with E-state index in [0.717, 1.165) is 0 Å². The summed E-state index contributed by atoms with van der Waals surface area (Å²) in [6.45, 7) is 3.95. The molecule has 1 aliphatic rings. The maximum absolute atomic E-state index is 12.7. The van der Waals surface area contributed by atoms with E-state index in [4.69, 9.17) is 4.74 Å². The summed E-state index contributed by atoms with van der Waals surface area (Å²) >= 11 is 0. The Morgan fingerprint density at radius 2 is 1.89 bits per heavy atom. The molecular formula is C18H21BN4O5. The van der Waals surface area contributed by atoms with Crippen LogP contribution in [0, 0.1) is 0 Å². The summed E-state index contributed by atoms with van der Waals surface area (Å²) in [4.78, 5) is 36.0. The van der Waals surface area contributed by atoms with Gasteiger partial charge in [-0.3, -0.25) is 9.59 Å². The van der Waals surface area contributed by atoms with Gasteiger partial charge in [-0.25, -0.2) is 9.97 Å². The quantitative estimate of drug-likeness (QED) is 0.486. The van der Waals surface area contributed by atoms with Crippen molar-refractivity contribution < 1.29 is 24.4 Å². The summed E-state index contributed by atoms with van der Waals surface area (Å²) in [5, 5.41) is 18.5. The van der Waals surface area contributed by atoms with Gasteiger partial charge in [-0.1, -0.05) is 6.07 Å². The number of benzene rings is 1. The first-order valence-corrected chi connectivity index (χ1v) is 8.92. The highest BCUT2D eigenvalue weighted by Crippen LogP contribution is 2.16. The molecule has 2 N–H and O–H groups in total. The zero-order valence-corrected chi connectivity index (χ0v) is 15.4. The molecule has 9 nitrogen and oxygen atoms in total. The highest BCUT2D eigenvalue weighted by atomic mass is 16.5. The second kappa shape index (κ2) is 8.81. The molecule has 1 saturated heterocycles. The van der Waals surface area contributed by atoms with Gasteiger partial charge in [-0.05, 0) is 30.6 Å². The molecule has 3 rings (SSSR count). The topological polar surface area (TPSA) is 116 Å². The Bertz CT molecular complexity index is 828. The van der Waals surface area contributed by atoms with Crippen LogP contribution in [0.1, 0.15) is 17.3 Å². The van der Waals surface area contributed by atoms with Crippen LogP contribution in [-0.2, 0) is 4.79 Å². The van der Waals surface area contributed by atoms with Gasteiger partial charge in [0.2, 0.25) is 5.95 Å². The van der Waals surface area contributed by atoms with Crippen molar-refractivity contribution in [3.8, 4) is 5.75 Å². The largest absolute Gasteiger partial charge is 0.489 e. The van der Waals surface area contributed by atoms with Gasteiger partial charge in [-0.15, -0.1) is 0 Å². The van der Waals surface area contributed by atoms with E-state index < -0.39 is 13.2 Å². The SMILES string of the molecule is CC(Oc1ccc(B(O)O)c(C=O)c1)C(=O)N1CCN(c2ncccn2)CC1. The molecule has 146 valence electrons. The summed E-state index contributed by atoms with van der Waals surface area (Å²) in [6, 6.07) is 6.03. The Kier molecular flexibility index (Phi) is 6.22. The Balaban J connectivity index is 1.59. The van der Waals surface area contributed by atoms with Crippen LogP contribution in [0.15, 0.2) is 36.7 Å². The van der Waals surface area contributed by atoms with Crippen molar-refractivity contribution in [1.29, 1.82) is 0 Å². The van der Waals surface area contributed by atoms with Gasteiger partial charge in [0, 0.05) is 44.1 Å². The lowest BCUT2D eigenvalue weighted by Crippen LogP contribution is -2.52. The van der Waals surface area contributed by atoms with Crippen molar-refractivity contribution in [2.24, 2.45) is 0 Å². The molecule has 1 aromatic carbocycles. The number of hydrogen-bond donors (Lipinski definition) is 2. The van der Waals surface area contributed by atoms with Crippen molar-refractivity contribution in [1.82, 2.24) is 14.9 Å². The van der Waals surface area contributed by atoms with E-state index in [1.54, 1.807) is 30.3 Å². The first kappa shape index (κ1) is 19.8. The molecule has 2 aromatic rings. The highest BCUT2D eigenvalue weighted by Gasteiger charge is 2.27. The summed E-state index contributed by atoms with van der Waals surface area (Å²) in [5.41, 5.74) is 0.184. The fraction of sp³-hybridized carbons (Fsp3) is 0.333. The average Bonchev–Trinajstić information content (AvgIpc) is 2.73. The second-order valence-corrected chi connectivity index (χ2v) is 6.40. The molecule has 1 aliphatic heterocycles. The van der Waals surface area contributed by atoms with Crippen LogP contribution in [0.4, 0.5) is 5.95 Å². The number of carbonyl (C=O) groups is 2. The van der Waals surface area contributed by atoms with Crippen molar-refractivity contribution in [3.63, 3.8) is 0 Å². The maximum Gasteiger partial charge on any atom is 0.489 e. The van der Waals surface area contributed by atoms with Crippen molar-refractivity contribution in [3.05, 3.63) is 42.2 Å². The third-order valence-corrected chi connectivity index (χ3v) is 4.55. The number of hydrogen-bond acceptors (Lipinski definition) is 8. The molecule has 28 heavy (non-hydrogen) atoms. The molecule has 0 bridgehead atoms. The summed E-state index contributed by atoms with van der Waals surface area (Å²) in [7, 11) is -1.75. The monoisotopic (exact) mass is 384 g/mol. The van der Waals surface area contributed by atoms with Crippen LogP contribution < -0.4 is 15.1 Å². The summed E-state index contributed by atoms with van der Waals surface area (Å²) in [5.74, 6) is 0.794. The number of aromatic nitrogens is 2. The van der Waals surface area contributed by atoms with E-state index >= 15 is 0 Å². The third kappa shape index (κ3) is 4.46. The Labute approximate surface area is 162 Å². The van der Waals surface area contributed by atoms with E-state index in [1.807, 2.05) is 4.90 Å². The first-order valence-electron chi connectivity index (χ1n) is 8.92. The zero-order chi connectivity index (χ0) is 20.1. The molecule has 0 saturated carbocycles. The fourth-order valence-corrected chi connectivity index (χ4v) is 3.06. The number of piperazine rings is 1. The number of rotatable bonds is 6. The van der Waals surface area contributed by atoms with Gasteiger partial charge in [0.1, 0.15) is 12.0 Å². The number of ether oxygens (including phenoxy) is 1. The Morgan fingerprint density at radius 3 is 2.50 bits per heavy atom. The van der Waals surface area contributed by atoms with Crippen LogP contribution in [0.3, 0.4) is 0 Å². The smallest absolute Gasteiger partial charge is 0.481 e. The number of amides is 1. The van der Waals surface area contributed by atoms with E-state index in [-0.39, 0.29) is 16.9 Å². The zero-order valence-electron chi connectivity index (χ0n) is 15.4. The molecule has 2 heterocycles. The Hall–Kier alpha value is -2.98. The maximum atomic E-state index is 12.7. The van der Waals surface area contributed by atoms with Crippen LogP contribution >= 0.6 is 0 Å². The molecule has 1 fully saturated rings. The Morgan fingerprint density at radius 1 is 1.21 bits per heavy atom. The van der Waals surface area contributed by atoms with Gasteiger partial charge in [0.15, 0.2) is 6.10 Å². The van der Waals surface area contributed by atoms with Crippen molar-refractivity contribution in [2.75, 3.05) is 31.1 Å². The standard InChI is InChI=1S/C18H21BN4O5/c1-13(28-15-3-4-16(19(26)27)14(11-15)12-24)17(25)22-7-9-23(10-8-22)18-20-5-2-6-21-18/h2-6,11-13,26-27H,7-10H2,1H3. The van der Waals surface area contributed by atoms with Gasteiger partial charge < -0.3 is 24.6 Å². The first-order chi connectivity index (χ1) is 13.5. The molecule has 0 spiro atoms. The van der Waals surface area contributed by atoms with E-state index in [0.29, 0.717) is 44.2 Å². The minimum Gasteiger partial charge on any atom is -0.481 e. The van der Waals surface area contributed by atoms with Gasteiger partial charge in [-0.2, -0.15) is 0 Å². The van der Waals surface area contributed by atoms with E-state index in [1.165, 1.54) is 18.2 Å². The predicted molar refractivity (Wildman–Crippen MR) is 103 cm³/mol. The van der Waals surface area contributed by atoms with Crippen molar-refractivity contribution in [2.45, 2.75) is 13.0 Å². The van der Waals surface area contributed by atoms with Gasteiger partial charge >= 0.3 is 7.12 Å². The molecule has 0 aliphatic carbocycles. The van der Waals surface area contributed by atoms with Crippen LogP contribution in [0.2, 0.25) is 0 Å². The van der Waals surface area contributed by atoms with Crippen LogP contribution in [0.25, 0.3) is 0 Å². The molecule has 0 radical (unpaired) electrons. The van der Waals surface area contributed by atoms with E-state index in [9.17, 15) is 19.6 Å². The van der Waals surface area contributed by atoms with Gasteiger partial charge in [0.05, 0.1) is 0 Å². The molecule has 1 unspecified atom stereocenters. The third-order valence-electron chi connectivity index (χ3n) is 4.55. The lowest BCUT2D eigenvalue weighted by molar-refractivity contribution is -0.138. The van der Waals surface area contributed by atoms with Crippen LogP contribution in [0.5, 0.6) is 5.75 Å². The number of nitrogens with zero attached hydrogens (tertiary/aromatic N) is 4. The van der Waals surface area contributed by atoms with E-state index in [2.05, 4.69) is 9.97 Å². The van der Waals surface area contributed by atoms with Crippen LogP contribution in [-0.4, -0.2) is 76.5 Å². The minimum absolute atomic E-state index is 0.0839. The highest BCUT2D eigenvalue weighted by molar-refractivity contribution is 6.60. The number of carbonyl (C=O) groups excluding carboxylic acids is 2. The number of anilines is 1. The van der Waals surface area contributed by atoms with Crippen molar-refractivity contribution >= 4 is 30.7 Å².